The predicted octanol–water partition coefficient (Wildman–Crippen LogP) is 0.910. The number of anilines is 1. The summed E-state index contributed by atoms with van der Waals surface area (Å²) in [6, 6.07) is 4.14. The molecule has 1 atom stereocenters. The lowest BCUT2D eigenvalue weighted by Crippen LogP contribution is -2.37. The number of hydrogen-bond donors (Lipinski definition) is 3. The SMILES string of the molecule is Cc1ccc(NC(=O)[C@H]2CCC(=O)N2)cc1C(=O)O. The molecule has 6 heteroatoms. The Balaban J connectivity index is 2.11. The van der Waals surface area contributed by atoms with Gasteiger partial charge in [0.2, 0.25) is 11.8 Å². The van der Waals surface area contributed by atoms with Gasteiger partial charge in [0.1, 0.15) is 6.04 Å². The monoisotopic (exact) mass is 262 g/mol. The largest absolute Gasteiger partial charge is 0.478 e. The Morgan fingerprint density at radius 2 is 2.16 bits per heavy atom. The Morgan fingerprint density at radius 3 is 2.74 bits per heavy atom. The maximum absolute atomic E-state index is 11.9. The molecule has 1 saturated heterocycles. The Morgan fingerprint density at radius 1 is 1.42 bits per heavy atom. The number of carboxylic acid groups (broad SMARTS) is 1. The van der Waals surface area contributed by atoms with Gasteiger partial charge in [0, 0.05) is 12.1 Å². The fraction of sp³-hybridized carbons (Fsp3) is 0.308. The van der Waals surface area contributed by atoms with Crippen LogP contribution < -0.4 is 10.6 Å². The molecular formula is C13H14N2O4. The fourth-order valence-electron chi connectivity index (χ4n) is 1.97. The van der Waals surface area contributed by atoms with Crippen LogP contribution in [0.3, 0.4) is 0 Å². The van der Waals surface area contributed by atoms with E-state index in [1.165, 1.54) is 6.07 Å². The van der Waals surface area contributed by atoms with Gasteiger partial charge in [0.25, 0.3) is 0 Å². The van der Waals surface area contributed by atoms with Gasteiger partial charge in [-0.25, -0.2) is 4.79 Å². The first-order valence-electron chi connectivity index (χ1n) is 5.91. The minimum Gasteiger partial charge on any atom is -0.478 e. The van der Waals surface area contributed by atoms with Crippen LogP contribution in [0.25, 0.3) is 0 Å². The van der Waals surface area contributed by atoms with Crippen molar-refractivity contribution in [1.82, 2.24) is 5.32 Å². The second-order valence-corrected chi connectivity index (χ2v) is 4.48. The summed E-state index contributed by atoms with van der Waals surface area (Å²) >= 11 is 0. The summed E-state index contributed by atoms with van der Waals surface area (Å²) in [6.07, 6.45) is 0.800. The van der Waals surface area contributed by atoms with E-state index in [4.69, 9.17) is 5.11 Å². The number of carbonyl (C=O) groups is 3. The van der Waals surface area contributed by atoms with E-state index in [1.807, 2.05) is 0 Å². The van der Waals surface area contributed by atoms with Crippen LogP contribution in [-0.2, 0) is 9.59 Å². The highest BCUT2D eigenvalue weighted by Crippen LogP contribution is 2.17. The van der Waals surface area contributed by atoms with Crippen LogP contribution in [0.1, 0.15) is 28.8 Å². The van der Waals surface area contributed by atoms with Crippen LogP contribution in [0.5, 0.6) is 0 Å². The highest BCUT2D eigenvalue weighted by Gasteiger charge is 2.27. The second kappa shape index (κ2) is 5.09. The average Bonchev–Trinajstić information content (AvgIpc) is 2.78. The summed E-state index contributed by atoms with van der Waals surface area (Å²) in [4.78, 5) is 33.9. The van der Waals surface area contributed by atoms with Crippen molar-refractivity contribution in [2.75, 3.05) is 5.32 Å². The molecule has 100 valence electrons. The van der Waals surface area contributed by atoms with Crippen LogP contribution >= 0.6 is 0 Å². The molecule has 1 heterocycles. The van der Waals surface area contributed by atoms with Gasteiger partial charge in [-0.3, -0.25) is 9.59 Å². The predicted molar refractivity (Wildman–Crippen MR) is 67.9 cm³/mol. The topological polar surface area (TPSA) is 95.5 Å². The molecule has 3 N–H and O–H groups in total. The maximum atomic E-state index is 11.9. The lowest BCUT2D eigenvalue weighted by Gasteiger charge is -2.12. The number of nitrogens with one attached hydrogen (secondary N) is 2. The van der Waals surface area contributed by atoms with Crippen LogP contribution in [0, 0.1) is 6.92 Å². The molecule has 0 aliphatic carbocycles. The van der Waals surface area contributed by atoms with Crippen LogP contribution in [-0.4, -0.2) is 28.9 Å². The lowest BCUT2D eigenvalue weighted by atomic mass is 10.1. The number of carboxylic acids is 1. The third kappa shape index (κ3) is 2.90. The molecular weight excluding hydrogens is 248 g/mol. The van der Waals surface area contributed by atoms with Crippen molar-refractivity contribution in [3.63, 3.8) is 0 Å². The molecule has 0 unspecified atom stereocenters. The first-order chi connectivity index (χ1) is 8.97. The number of rotatable bonds is 3. The van der Waals surface area contributed by atoms with E-state index in [0.29, 0.717) is 24.1 Å². The number of aromatic carboxylic acids is 1. The molecule has 0 radical (unpaired) electrons. The molecule has 0 spiro atoms. The summed E-state index contributed by atoms with van der Waals surface area (Å²) in [6.45, 7) is 1.69. The zero-order valence-electron chi connectivity index (χ0n) is 10.4. The van der Waals surface area contributed by atoms with E-state index >= 15 is 0 Å². The van der Waals surface area contributed by atoms with Crippen LogP contribution in [0.15, 0.2) is 18.2 Å². The van der Waals surface area contributed by atoms with Gasteiger partial charge in [-0.1, -0.05) is 6.07 Å². The van der Waals surface area contributed by atoms with Gasteiger partial charge in [-0.2, -0.15) is 0 Å². The number of aryl methyl sites for hydroxylation is 1. The third-order valence-corrected chi connectivity index (χ3v) is 3.05. The van der Waals surface area contributed by atoms with Crippen molar-refractivity contribution in [1.29, 1.82) is 0 Å². The van der Waals surface area contributed by atoms with Crippen molar-refractivity contribution in [3.8, 4) is 0 Å². The summed E-state index contributed by atoms with van der Waals surface area (Å²) in [5.41, 5.74) is 1.18. The van der Waals surface area contributed by atoms with Crippen LogP contribution in [0.4, 0.5) is 5.69 Å². The van der Waals surface area contributed by atoms with Gasteiger partial charge < -0.3 is 15.7 Å². The minimum absolute atomic E-state index is 0.143. The molecule has 19 heavy (non-hydrogen) atoms. The summed E-state index contributed by atoms with van der Waals surface area (Å²) < 4.78 is 0. The molecule has 1 aromatic rings. The summed E-state index contributed by atoms with van der Waals surface area (Å²) in [7, 11) is 0. The molecule has 0 aromatic heterocycles. The van der Waals surface area contributed by atoms with E-state index in [9.17, 15) is 14.4 Å². The lowest BCUT2D eigenvalue weighted by molar-refractivity contribution is -0.122. The molecule has 2 amide bonds. The molecule has 1 aliphatic heterocycles. The fourth-order valence-corrected chi connectivity index (χ4v) is 1.97. The molecule has 1 aliphatic rings. The zero-order chi connectivity index (χ0) is 14.0. The Kier molecular flexibility index (Phi) is 3.50. The van der Waals surface area contributed by atoms with Gasteiger partial charge in [0.15, 0.2) is 0 Å². The number of carbonyl (C=O) groups excluding carboxylic acids is 2. The van der Waals surface area contributed by atoms with E-state index in [0.717, 1.165) is 0 Å². The highest BCUT2D eigenvalue weighted by molar-refractivity contribution is 6.00. The van der Waals surface area contributed by atoms with Gasteiger partial charge in [-0.05, 0) is 31.0 Å². The number of hydrogen-bond acceptors (Lipinski definition) is 3. The first kappa shape index (κ1) is 13.1. The van der Waals surface area contributed by atoms with E-state index in [-0.39, 0.29) is 17.4 Å². The second-order valence-electron chi connectivity index (χ2n) is 4.48. The van der Waals surface area contributed by atoms with Crippen molar-refractivity contribution in [2.24, 2.45) is 0 Å². The number of amides is 2. The molecule has 0 bridgehead atoms. The smallest absolute Gasteiger partial charge is 0.336 e. The number of benzene rings is 1. The maximum Gasteiger partial charge on any atom is 0.336 e. The van der Waals surface area contributed by atoms with Gasteiger partial charge >= 0.3 is 5.97 Å². The Hall–Kier alpha value is -2.37. The molecule has 6 nitrogen and oxygen atoms in total. The summed E-state index contributed by atoms with van der Waals surface area (Å²) in [5.74, 6) is -1.51. The van der Waals surface area contributed by atoms with E-state index < -0.39 is 12.0 Å². The Bertz CT molecular complexity index is 554. The molecule has 1 fully saturated rings. The minimum atomic E-state index is -1.04. The standard InChI is InChI=1S/C13H14N2O4/c1-7-2-3-8(6-9(7)13(18)19)14-12(17)10-4-5-11(16)15-10/h2-3,6,10H,4-5H2,1H3,(H,14,17)(H,15,16)(H,18,19)/t10-/m1/s1. The molecule has 1 aromatic carbocycles. The highest BCUT2D eigenvalue weighted by atomic mass is 16.4. The normalized spacial score (nSPS) is 17.9. The van der Waals surface area contributed by atoms with Gasteiger partial charge in [-0.15, -0.1) is 0 Å². The van der Waals surface area contributed by atoms with Crippen molar-refractivity contribution in [2.45, 2.75) is 25.8 Å². The quantitative estimate of drug-likeness (QED) is 0.754. The first-order valence-corrected chi connectivity index (χ1v) is 5.91. The zero-order valence-corrected chi connectivity index (χ0v) is 10.4. The van der Waals surface area contributed by atoms with E-state index in [2.05, 4.69) is 10.6 Å². The van der Waals surface area contributed by atoms with Crippen LogP contribution in [0.2, 0.25) is 0 Å². The molecule has 2 rings (SSSR count). The van der Waals surface area contributed by atoms with Crippen molar-refractivity contribution >= 4 is 23.5 Å². The summed E-state index contributed by atoms with van der Waals surface area (Å²) in [5, 5.41) is 14.2. The van der Waals surface area contributed by atoms with Crippen molar-refractivity contribution < 1.29 is 19.5 Å². The van der Waals surface area contributed by atoms with Crippen molar-refractivity contribution in [3.05, 3.63) is 29.3 Å². The average molecular weight is 262 g/mol. The van der Waals surface area contributed by atoms with E-state index in [1.54, 1.807) is 19.1 Å². The molecule has 0 saturated carbocycles. The Labute approximate surface area is 109 Å². The van der Waals surface area contributed by atoms with Gasteiger partial charge in [0.05, 0.1) is 5.56 Å². The third-order valence-electron chi connectivity index (χ3n) is 3.05.